The van der Waals surface area contributed by atoms with Crippen molar-refractivity contribution < 1.29 is 14.1 Å². The lowest BCUT2D eigenvalue weighted by Crippen LogP contribution is -2.05. The average molecular weight is 339 g/mol. The third-order valence-corrected chi connectivity index (χ3v) is 3.49. The topological polar surface area (TPSA) is 83.3 Å². The largest absolute Gasteiger partial charge is 0.494 e. The molecule has 0 aliphatic rings. The molecule has 0 radical (unpaired) electrons. The summed E-state index contributed by atoms with van der Waals surface area (Å²) in [5, 5.41) is 10.6. The van der Waals surface area contributed by atoms with E-state index in [1.165, 1.54) is 6.07 Å². The highest BCUT2D eigenvalue weighted by atomic mass is 16.6. The predicted octanol–water partition coefficient (Wildman–Crippen LogP) is 4.02. The Morgan fingerprint density at radius 3 is 2.80 bits per heavy atom. The Kier molecular flexibility index (Phi) is 5.26. The van der Waals surface area contributed by atoms with Gasteiger partial charge in [-0.05, 0) is 36.8 Å². The zero-order valence-corrected chi connectivity index (χ0v) is 13.4. The molecule has 0 atom stereocenters. The molecule has 3 aromatic rings. The molecule has 0 saturated heterocycles. The van der Waals surface area contributed by atoms with Crippen molar-refractivity contribution in [2.45, 2.75) is 13.0 Å². The van der Waals surface area contributed by atoms with E-state index in [2.05, 4.69) is 4.98 Å². The van der Waals surface area contributed by atoms with E-state index in [0.717, 1.165) is 24.5 Å². The van der Waals surface area contributed by atoms with Gasteiger partial charge in [-0.3, -0.25) is 10.1 Å². The van der Waals surface area contributed by atoms with Crippen LogP contribution >= 0.6 is 0 Å². The molecule has 7 heteroatoms. The number of nitrogens with zero attached hydrogens (tertiary/aromatic N) is 3. The fourth-order valence-corrected chi connectivity index (χ4v) is 2.30. The summed E-state index contributed by atoms with van der Waals surface area (Å²) in [4.78, 5) is 14.3. The molecule has 25 heavy (non-hydrogen) atoms. The number of aromatic nitrogens is 2. The van der Waals surface area contributed by atoms with Crippen molar-refractivity contribution >= 4 is 18.0 Å². The fraction of sp³-hybridized carbons (Fsp3) is 0.167. The van der Waals surface area contributed by atoms with Crippen LogP contribution < -0.4 is 4.74 Å². The van der Waals surface area contributed by atoms with Crippen LogP contribution in [0.2, 0.25) is 0 Å². The second kappa shape index (κ2) is 7.96. The van der Waals surface area contributed by atoms with Gasteiger partial charge in [-0.15, -0.1) is 0 Å². The van der Waals surface area contributed by atoms with Crippen molar-refractivity contribution in [1.82, 2.24) is 9.55 Å². The molecule has 0 bridgehead atoms. The first-order chi connectivity index (χ1) is 12.2. The maximum Gasteiger partial charge on any atom is 0.433 e. The summed E-state index contributed by atoms with van der Waals surface area (Å²) in [6, 6.07) is 12.6. The fourth-order valence-electron chi connectivity index (χ4n) is 2.30. The van der Waals surface area contributed by atoms with Gasteiger partial charge in [0.25, 0.3) is 0 Å². The Morgan fingerprint density at radius 2 is 2.04 bits per heavy atom. The minimum Gasteiger partial charge on any atom is -0.494 e. The molecule has 0 N–H and O–H groups in total. The van der Waals surface area contributed by atoms with Crippen LogP contribution in [0.25, 0.3) is 12.2 Å². The summed E-state index contributed by atoms with van der Waals surface area (Å²) in [6.07, 6.45) is 7.85. The van der Waals surface area contributed by atoms with Crippen LogP contribution in [0.1, 0.15) is 18.0 Å². The van der Waals surface area contributed by atoms with Crippen molar-refractivity contribution in [2.24, 2.45) is 0 Å². The SMILES string of the molecule is O=[N+]([O-])c1ccc(C=Cc2nccn2CCCOc2ccccc2)o1. The molecule has 0 unspecified atom stereocenters. The number of imidazole rings is 1. The van der Waals surface area contributed by atoms with Gasteiger partial charge in [0.1, 0.15) is 22.3 Å². The molecule has 7 nitrogen and oxygen atoms in total. The second-order valence-electron chi connectivity index (χ2n) is 5.26. The molecular weight excluding hydrogens is 322 g/mol. The summed E-state index contributed by atoms with van der Waals surface area (Å²) < 4.78 is 12.7. The first kappa shape index (κ1) is 16.5. The zero-order chi connectivity index (χ0) is 17.5. The van der Waals surface area contributed by atoms with Gasteiger partial charge in [0.15, 0.2) is 0 Å². The Hall–Kier alpha value is -3.35. The molecule has 2 heterocycles. The van der Waals surface area contributed by atoms with E-state index in [1.807, 2.05) is 41.1 Å². The van der Waals surface area contributed by atoms with Gasteiger partial charge in [-0.25, -0.2) is 4.98 Å². The Balaban J connectivity index is 1.53. The van der Waals surface area contributed by atoms with E-state index >= 15 is 0 Å². The first-order valence-electron chi connectivity index (χ1n) is 7.84. The van der Waals surface area contributed by atoms with E-state index in [0.29, 0.717) is 12.4 Å². The minimum atomic E-state index is -0.564. The normalized spacial score (nSPS) is 11.0. The molecule has 3 rings (SSSR count). The van der Waals surface area contributed by atoms with Gasteiger partial charge in [0, 0.05) is 18.9 Å². The predicted molar refractivity (Wildman–Crippen MR) is 93.1 cm³/mol. The molecule has 0 fully saturated rings. The lowest BCUT2D eigenvalue weighted by molar-refractivity contribution is -0.402. The molecule has 0 aliphatic heterocycles. The van der Waals surface area contributed by atoms with Gasteiger partial charge in [-0.1, -0.05) is 18.2 Å². The monoisotopic (exact) mass is 339 g/mol. The average Bonchev–Trinajstić information content (AvgIpc) is 3.27. The lowest BCUT2D eigenvalue weighted by Gasteiger charge is -2.07. The summed E-state index contributed by atoms with van der Waals surface area (Å²) in [5.74, 6) is 1.74. The van der Waals surface area contributed by atoms with Crippen LogP contribution in [-0.4, -0.2) is 21.1 Å². The smallest absolute Gasteiger partial charge is 0.433 e. The number of benzene rings is 1. The molecule has 2 aromatic heterocycles. The first-order valence-corrected chi connectivity index (χ1v) is 7.84. The van der Waals surface area contributed by atoms with Crippen LogP contribution in [0, 0.1) is 10.1 Å². The minimum absolute atomic E-state index is 0.277. The highest BCUT2D eigenvalue weighted by Gasteiger charge is 2.10. The third kappa shape index (κ3) is 4.57. The van der Waals surface area contributed by atoms with Crippen molar-refractivity contribution in [3.8, 4) is 5.75 Å². The number of hydrogen-bond donors (Lipinski definition) is 0. The number of ether oxygens (including phenoxy) is 1. The van der Waals surface area contributed by atoms with E-state index < -0.39 is 4.92 Å². The number of aryl methyl sites for hydroxylation is 1. The highest BCUT2D eigenvalue weighted by Crippen LogP contribution is 2.17. The summed E-state index contributed by atoms with van der Waals surface area (Å²) in [6.45, 7) is 1.36. The van der Waals surface area contributed by atoms with Gasteiger partial charge in [0.05, 0.1) is 12.7 Å². The quantitative estimate of drug-likeness (QED) is 0.351. The summed E-state index contributed by atoms with van der Waals surface area (Å²) in [7, 11) is 0. The van der Waals surface area contributed by atoms with E-state index in [1.54, 1.807) is 24.4 Å². The maximum atomic E-state index is 10.6. The van der Waals surface area contributed by atoms with Crippen molar-refractivity contribution in [1.29, 1.82) is 0 Å². The molecular formula is C18H17N3O4. The van der Waals surface area contributed by atoms with Crippen LogP contribution in [-0.2, 0) is 6.54 Å². The molecule has 0 spiro atoms. The van der Waals surface area contributed by atoms with Crippen molar-refractivity contribution in [2.75, 3.05) is 6.61 Å². The Morgan fingerprint density at radius 1 is 1.20 bits per heavy atom. The Labute approximate surface area is 144 Å². The number of para-hydroxylation sites is 1. The molecule has 0 amide bonds. The number of hydrogen-bond acceptors (Lipinski definition) is 5. The molecule has 1 aromatic carbocycles. The van der Waals surface area contributed by atoms with Crippen LogP contribution in [0.4, 0.5) is 5.88 Å². The van der Waals surface area contributed by atoms with Crippen LogP contribution in [0.5, 0.6) is 5.75 Å². The third-order valence-electron chi connectivity index (χ3n) is 3.49. The summed E-state index contributed by atoms with van der Waals surface area (Å²) >= 11 is 0. The number of nitro groups is 1. The van der Waals surface area contributed by atoms with Crippen molar-refractivity contribution in [3.05, 3.63) is 76.6 Å². The zero-order valence-electron chi connectivity index (χ0n) is 13.4. The van der Waals surface area contributed by atoms with E-state index in [9.17, 15) is 10.1 Å². The van der Waals surface area contributed by atoms with Crippen molar-refractivity contribution in [3.63, 3.8) is 0 Å². The van der Waals surface area contributed by atoms with Crippen LogP contribution in [0.3, 0.4) is 0 Å². The second-order valence-corrected chi connectivity index (χ2v) is 5.26. The van der Waals surface area contributed by atoms with E-state index in [4.69, 9.17) is 9.15 Å². The number of rotatable bonds is 8. The van der Waals surface area contributed by atoms with Crippen LogP contribution in [0.15, 0.2) is 59.3 Å². The van der Waals surface area contributed by atoms with Gasteiger partial charge < -0.3 is 13.7 Å². The van der Waals surface area contributed by atoms with E-state index in [-0.39, 0.29) is 5.88 Å². The van der Waals surface area contributed by atoms with Gasteiger partial charge in [0.2, 0.25) is 0 Å². The molecule has 128 valence electrons. The maximum absolute atomic E-state index is 10.6. The highest BCUT2D eigenvalue weighted by molar-refractivity contribution is 5.64. The number of furan rings is 1. The molecule has 0 aliphatic carbocycles. The lowest BCUT2D eigenvalue weighted by atomic mass is 10.3. The van der Waals surface area contributed by atoms with Gasteiger partial charge in [-0.2, -0.15) is 0 Å². The molecule has 0 saturated carbocycles. The Bertz CT molecular complexity index is 852. The van der Waals surface area contributed by atoms with Gasteiger partial charge >= 0.3 is 5.88 Å². The standard InChI is InChI=1S/C18H17N3O4/c22-21(23)18-10-8-16(25-18)7-9-17-19-11-13-20(17)12-4-14-24-15-5-2-1-3-6-15/h1-3,5-11,13H,4,12,14H2. The summed E-state index contributed by atoms with van der Waals surface area (Å²) in [5.41, 5.74) is 0.